The molecule has 2 N–H and O–H groups in total. The van der Waals surface area contributed by atoms with Crippen molar-refractivity contribution < 1.29 is 18.0 Å². The van der Waals surface area contributed by atoms with Gasteiger partial charge in [-0.1, -0.05) is 12.8 Å². The number of amides is 2. The third-order valence-corrected chi connectivity index (χ3v) is 7.91. The molecule has 0 aromatic carbocycles. The number of hydrogen-bond acceptors (Lipinski definition) is 5. The number of rotatable bonds is 4. The molecule has 3 fully saturated rings. The summed E-state index contributed by atoms with van der Waals surface area (Å²) < 4.78 is 23.2. The second-order valence-electron chi connectivity index (χ2n) is 8.02. The van der Waals surface area contributed by atoms with E-state index in [-0.39, 0.29) is 41.2 Å². The van der Waals surface area contributed by atoms with Crippen LogP contribution in [0.2, 0.25) is 0 Å². The first-order valence-corrected chi connectivity index (χ1v) is 11.7. The Morgan fingerprint density at radius 2 is 1.69 bits per heavy atom. The normalized spacial score (nSPS) is 34.4. The monoisotopic (exact) mass is 385 g/mol. The Morgan fingerprint density at radius 3 is 2.35 bits per heavy atom. The zero-order chi connectivity index (χ0) is 18.7. The van der Waals surface area contributed by atoms with Crippen molar-refractivity contribution in [1.29, 1.82) is 0 Å². The number of sulfone groups is 1. The topological polar surface area (TPSA) is 95.6 Å². The predicted molar refractivity (Wildman–Crippen MR) is 99.3 cm³/mol. The molecule has 2 saturated heterocycles. The van der Waals surface area contributed by atoms with E-state index in [2.05, 4.69) is 10.6 Å². The Labute approximate surface area is 156 Å². The molecule has 2 amide bonds. The molecule has 0 spiro atoms. The fraction of sp³-hybridized carbons (Fsp3) is 0.889. The van der Waals surface area contributed by atoms with Crippen molar-refractivity contribution in [1.82, 2.24) is 15.5 Å². The molecule has 0 radical (unpaired) electrons. The van der Waals surface area contributed by atoms with Crippen LogP contribution in [0, 0.1) is 11.8 Å². The number of carbonyl (C=O) groups is 2. The Kier molecular flexibility index (Phi) is 6.22. The molecule has 4 atom stereocenters. The van der Waals surface area contributed by atoms with Crippen molar-refractivity contribution in [2.75, 3.05) is 31.6 Å². The number of carbonyl (C=O) groups excluding carboxylic acids is 2. The summed E-state index contributed by atoms with van der Waals surface area (Å²) in [6.45, 7) is 1.48. The van der Waals surface area contributed by atoms with Gasteiger partial charge in [0.25, 0.3) is 0 Å². The first-order chi connectivity index (χ1) is 12.4. The van der Waals surface area contributed by atoms with Gasteiger partial charge in [0.1, 0.15) is 0 Å². The minimum absolute atomic E-state index is 0.0278. The number of hydrogen-bond donors (Lipinski definition) is 2. The predicted octanol–water partition coefficient (Wildman–Crippen LogP) is 0.307. The molecular weight excluding hydrogens is 354 g/mol. The zero-order valence-electron chi connectivity index (χ0n) is 15.6. The van der Waals surface area contributed by atoms with Gasteiger partial charge in [-0.2, -0.15) is 0 Å². The summed E-state index contributed by atoms with van der Waals surface area (Å²) in [6, 6.07) is 0.0288. The molecule has 3 aliphatic rings. The van der Waals surface area contributed by atoms with E-state index in [9.17, 15) is 18.0 Å². The lowest BCUT2D eigenvalue weighted by molar-refractivity contribution is -0.145. The van der Waals surface area contributed by atoms with Crippen LogP contribution in [0.3, 0.4) is 0 Å². The van der Waals surface area contributed by atoms with Gasteiger partial charge < -0.3 is 15.5 Å². The highest BCUT2D eigenvalue weighted by Gasteiger charge is 2.40. The van der Waals surface area contributed by atoms with Crippen molar-refractivity contribution in [3.8, 4) is 0 Å². The van der Waals surface area contributed by atoms with Crippen LogP contribution in [0.25, 0.3) is 0 Å². The van der Waals surface area contributed by atoms with Crippen molar-refractivity contribution in [2.45, 2.75) is 57.0 Å². The molecule has 148 valence electrons. The van der Waals surface area contributed by atoms with Gasteiger partial charge in [-0.3, -0.25) is 9.59 Å². The van der Waals surface area contributed by atoms with Gasteiger partial charge in [-0.25, -0.2) is 8.42 Å². The van der Waals surface area contributed by atoms with Gasteiger partial charge in [0, 0.05) is 37.0 Å². The Bertz CT molecular complexity index is 636. The minimum atomic E-state index is -3.02. The largest absolute Gasteiger partial charge is 0.352 e. The maximum absolute atomic E-state index is 13.1. The summed E-state index contributed by atoms with van der Waals surface area (Å²) in [5.74, 6) is -0.451. The van der Waals surface area contributed by atoms with E-state index in [0.29, 0.717) is 25.4 Å². The van der Waals surface area contributed by atoms with Crippen molar-refractivity contribution in [2.24, 2.45) is 11.8 Å². The zero-order valence-corrected chi connectivity index (χ0v) is 16.4. The van der Waals surface area contributed by atoms with Gasteiger partial charge in [0.05, 0.1) is 11.5 Å². The molecule has 0 aromatic rings. The molecule has 2 heterocycles. The molecule has 2 aliphatic heterocycles. The third-order valence-electron chi connectivity index (χ3n) is 6.14. The summed E-state index contributed by atoms with van der Waals surface area (Å²) >= 11 is 0. The van der Waals surface area contributed by atoms with Crippen LogP contribution in [0.1, 0.15) is 44.9 Å². The smallest absolute Gasteiger partial charge is 0.226 e. The summed E-state index contributed by atoms with van der Waals surface area (Å²) in [5, 5.41) is 6.16. The summed E-state index contributed by atoms with van der Waals surface area (Å²) in [6.07, 6.45) is 5.93. The highest BCUT2D eigenvalue weighted by molar-refractivity contribution is 7.91. The molecular formula is C18H31N3O4S. The number of piperidine rings is 1. The minimum Gasteiger partial charge on any atom is -0.352 e. The van der Waals surface area contributed by atoms with E-state index < -0.39 is 9.84 Å². The second-order valence-corrected chi connectivity index (χ2v) is 10.2. The lowest BCUT2D eigenvalue weighted by Crippen LogP contribution is -2.52. The van der Waals surface area contributed by atoms with E-state index in [1.807, 2.05) is 11.9 Å². The van der Waals surface area contributed by atoms with Crippen LogP contribution in [-0.2, 0) is 19.4 Å². The van der Waals surface area contributed by atoms with Gasteiger partial charge in [-0.15, -0.1) is 0 Å². The molecule has 4 unspecified atom stereocenters. The molecule has 0 bridgehead atoms. The standard InChI is InChI=1S/C18H31N3O4S/c1-19-13-5-4-9-21(11-13)18(23)16-7-3-2-6-15(16)17(22)20-14-8-10-26(24,25)12-14/h13-16,19H,2-12H2,1H3,(H,20,22). The lowest BCUT2D eigenvalue weighted by atomic mass is 9.77. The molecule has 7 nitrogen and oxygen atoms in total. The number of likely N-dealkylation sites (N-methyl/N-ethyl adjacent to an activating group) is 1. The molecule has 3 rings (SSSR count). The average molecular weight is 386 g/mol. The number of likely N-dealkylation sites (tertiary alicyclic amines) is 1. The lowest BCUT2D eigenvalue weighted by Gasteiger charge is -2.38. The van der Waals surface area contributed by atoms with Gasteiger partial charge in [0.2, 0.25) is 11.8 Å². The maximum atomic E-state index is 13.1. The van der Waals surface area contributed by atoms with Crippen LogP contribution in [0.15, 0.2) is 0 Å². The van der Waals surface area contributed by atoms with E-state index in [4.69, 9.17) is 0 Å². The molecule has 1 saturated carbocycles. The second kappa shape index (κ2) is 8.25. The molecule has 26 heavy (non-hydrogen) atoms. The maximum Gasteiger partial charge on any atom is 0.226 e. The van der Waals surface area contributed by atoms with E-state index in [0.717, 1.165) is 38.6 Å². The van der Waals surface area contributed by atoms with Crippen LogP contribution in [-0.4, -0.2) is 68.9 Å². The summed E-state index contributed by atoms with van der Waals surface area (Å²) in [7, 11) is -1.10. The Balaban J connectivity index is 1.63. The van der Waals surface area contributed by atoms with Crippen LogP contribution in [0.5, 0.6) is 0 Å². The first kappa shape index (κ1) is 19.6. The molecule has 8 heteroatoms. The van der Waals surface area contributed by atoms with Crippen LogP contribution >= 0.6 is 0 Å². The van der Waals surface area contributed by atoms with Crippen LogP contribution < -0.4 is 10.6 Å². The fourth-order valence-electron chi connectivity index (χ4n) is 4.60. The Hall–Kier alpha value is -1.15. The highest BCUT2D eigenvalue weighted by Crippen LogP contribution is 2.33. The van der Waals surface area contributed by atoms with E-state index >= 15 is 0 Å². The fourth-order valence-corrected chi connectivity index (χ4v) is 6.28. The number of nitrogens with one attached hydrogen (secondary N) is 2. The summed E-state index contributed by atoms with van der Waals surface area (Å²) in [5.41, 5.74) is 0. The van der Waals surface area contributed by atoms with Gasteiger partial charge in [-0.05, 0) is 39.2 Å². The van der Waals surface area contributed by atoms with Gasteiger partial charge >= 0.3 is 0 Å². The van der Waals surface area contributed by atoms with E-state index in [1.54, 1.807) is 0 Å². The quantitative estimate of drug-likeness (QED) is 0.726. The average Bonchev–Trinajstić information content (AvgIpc) is 2.99. The molecule has 1 aliphatic carbocycles. The Morgan fingerprint density at radius 1 is 0.962 bits per heavy atom. The molecule has 0 aromatic heterocycles. The van der Waals surface area contributed by atoms with Crippen molar-refractivity contribution in [3.63, 3.8) is 0 Å². The third kappa shape index (κ3) is 4.57. The van der Waals surface area contributed by atoms with Crippen molar-refractivity contribution in [3.05, 3.63) is 0 Å². The summed E-state index contributed by atoms with van der Waals surface area (Å²) in [4.78, 5) is 27.8. The highest BCUT2D eigenvalue weighted by atomic mass is 32.2. The SMILES string of the molecule is CNC1CCCN(C(=O)C2CCCCC2C(=O)NC2CCS(=O)(=O)C2)C1. The number of nitrogens with zero attached hydrogens (tertiary/aromatic N) is 1. The van der Waals surface area contributed by atoms with Crippen LogP contribution in [0.4, 0.5) is 0 Å². The van der Waals surface area contributed by atoms with Gasteiger partial charge in [0.15, 0.2) is 9.84 Å². The van der Waals surface area contributed by atoms with Crippen molar-refractivity contribution >= 4 is 21.7 Å². The van der Waals surface area contributed by atoms with E-state index in [1.165, 1.54) is 0 Å². The first-order valence-electron chi connectivity index (χ1n) is 9.86.